The van der Waals surface area contributed by atoms with Gasteiger partial charge in [-0.1, -0.05) is 10.3 Å². The Labute approximate surface area is 113 Å². The van der Waals surface area contributed by atoms with Crippen molar-refractivity contribution in [3.8, 4) is 0 Å². The minimum Gasteiger partial charge on any atom is -0.792 e. The smallest absolute Gasteiger partial charge is 0.792 e. The molecular weight excluding hydrogens is 323 g/mol. The minimum absolute atomic E-state index is 0. The summed E-state index contributed by atoms with van der Waals surface area (Å²) in [6.45, 7) is 5.94. The van der Waals surface area contributed by atoms with E-state index in [-0.39, 0.29) is 43.3 Å². The fourth-order valence-corrected chi connectivity index (χ4v) is 0.277. The fraction of sp³-hybridized carbons (Fsp3) is 0.500. The SMILES string of the molecule is CC(=N\[O-])/C(C)=N/O.CC(=N\[O-])/C(C)=N/O.[Pd+2]. The first-order valence-corrected chi connectivity index (χ1v) is 4.16. The van der Waals surface area contributed by atoms with Gasteiger partial charge in [0.05, 0.1) is 22.8 Å². The zero-order chi connectivity index (χ0) is 13.1. The first-order valence-electron chi connectivity index (χ1n) is 4.16. The third-order valence-electron chi connectivity index (χ3n) is 1.62. The van der Waals surface area contributed by atoms with Gasteiger partial charge in [0.25, 0.3) is 0 Å². The summed E-state index contributed by atoms with van der Waals surface area (Å²) in [6.07, 6.45) is 0. The molecule has 0 unspecified atom stereocenters. The molecule has 0 aliphatic heterocycles. The van der Waals surface area contributed by atoms with Crippen LogP contribution in [0, 0.1) is 10.4 Å². The molecule has 17 heavy (non-hydrogen) atoms. The van der Waals surface area contributed by atoms with Gasteiger partial charge in [0, 0.05) is 0 Å². The molecule has 100 valence electrons. The molecule has 0 heterocycles. The fourth-order valence-electron chi connectivity index (χ4n) is 0.277. The zero-order valence-corrected chi connectivity index (χ0v) is 11.4. The maximum Gasteiger partial charge on any atom is 2.00 e. The molecule has 0 aromatic heterocycles. The molecular formula is C8H14N4O4Pd. The van der Waals surface area contributed by atoms with Crippen molar-refractivity contribution in [1.82, 2.24) is 0 Å². The van der Waals surface area contributed by atoms with Crippen molar-refractivity contribution in [2.45, 2.75) is 27.7 Å². The van der Waals surface area contributed by atoms with E-state index < -0.39 is 0 Å². The Kier molecular flexibility index (Phi) is 15.5. The first kappa shape index (κ1) is 20.9. The number of nitrogens with zero attached hydrogens (tertiary/aromatic N) is 4. The van der Waals surface area contributed by atoms with Gasteiger partial charge in [-0.2, -0.15) is 0 Å². The average Bonchev–Trinajstić information content (AvgIpc) is 2.35. The van der Waals surface area contributed by atoms with E-state index in [0.29, 0.717) is 0 Å². The van der Waals surface area contributed by atoms with E-state index in [2.05, 4.69) is 20.6 Å². The van der Waals surface area contributed by atoms with Gasteiger partial charge in [-0.05, 0) is 27.7 Å². The largest absolute Gasteiger partial charge is 2.00 e. The van der Waals surface area contributed by atoms with Crippen molar-refractivity contribution in [2.75, 3.05) is 0 Å². The van der Waals surface area contributed by atoms with Gasteiger partial charge in [-0.3, -0.25) is 0 Å². The Balaban J connectivity index is -0.000000218. The summed E-state index contributed by atoms with van der Waals surface area (Å²) in [5, 5.41) is 45.8. The van der Waals surface area contributed by atoms with Crippen molar-refractivity contribution in [1.29, 1.82) is 0 Å². The maximum atomic E-state index is 9.63. The Bertz CT molecular complexity index is 261. The molecule has 0 saturated heterocycles. The predicted molar refractivity (Wildman–Crippen MR) is 62.7 cm³/mol. The summed E-state index contributed by atoms with van der Waals surface area (Å²) >= 11 is 0. The molecule has 0 radical (unpaired) electrons. The van der Waals surface area contributed by atoms with Gasteiger partial charge < -0.3 is 31.1 Å². The van der Waals surface area contributed by atoms with Crippen molar-refractivity contribution in [2.24, 2.45) is 20.6 Å². The van der Waals surface area contributed by atoms with Crippen molar-refractivity contribution in [3.05, 3.63) is 10.4 Å². The summed E-state index contributed by atoms with van der Waals surface area (Å²) in [6, 6.07) is 0. The average molecular weight is 337 g/mol. The van der Waals surface area contributed by atoms with Crippen molar-refractivity contribution in [3.63, 3.8) is 0 Å². The quantitative estimate of drug-likeness (QED) is 0.342. The van der Waals surface area contributed by atoms with Crippen LogP contribution >= 0.6 is 0 Å². The van der Waals surface area contributed by atoms with Crippen LogP contribution in [0.4, 0.5) is 0 Å². The molecule has 0 spiro atoms. The number of hydrogen-bond donors (Lipinski definition) is 2. The van der Waals surface area contributed by atoms with Crippen LogP contribution in [0.3, 0.4) is 0 Å². The van der Waals surface area contributed by atoms with Crippen LogP contribution < -0.4 is 0 Å². The zero-order valence-electron chi connectivity index (χ0n) is 9.82. The van der Waals surface area contributed by atoms with E-state index in [1.807, 2.05) is 0 Å². The third-order valence-corrected chi connectivity index (χ3v) is 1.62. The molecule has 0 fully saturated rings. The molecule has 0 rings (SSSR count). The van der Waals surface area contributed by atoms with Crippen LogP contribution in [0.2, 0.25) is 0 Å². The second-order valence-corrected chi connectivity index (χ2v) is 2.72. The molecule has 0 amide bonds. The van der Waals surface area contributed by atoms with E-state index in [1.165, 1.54) is 27.7 Å². The third kappa shape index (κ3) is 10.8. The monoisotopic (exact) mass is 336 g/mol. The van der Waals surface area contributed by atoms with E-state index in [0.717, 1.165) is 0 Å². The van der Waals surface area contributed by atoms with Crippen LogP contribution in [0.1, 0.15) is 27.7 Å². The Morgan fingerprint density at radius 3 is 1.00 bits per heavy atom. The van der Waals surface area contributed by atoms with Crippen LogP contribution in [0.5, 0.6) is 0 Å². The summed E-state index contributed by atoms with van der Waals surface area (Å²) in [5.41, 5.74) is 0.903. The molecule has 0 bridgehead atoms. The number of hydrogen-bond acceptors (Lipinski definition) is 8. The van der Waals surface area contributed by atoms with Crippen LogP contribution in [0.25, 0.3) is 0 Å². The van der Waals surface area contributed by atoms with Crippen molar-refractivity contribution >= 4 is 22.8 Å². The van der Waals surface area contributed by atoms with Crippen LogP contribution in [-0.2, 0) is 20.4 Å². The molecule has 0 aliphatic carbocycles. The second-order valence-electron chi connectivity index (χ2n) is 2.72. The molecule has 0 aromatic rings. The summed E-state index contributed by atoms with van der Waals surface area (Å²) < 4.78 is 0. The van der Waals surface area contributed by atoms with Gasteiger partial charge in [0.15, 0.2) is 0 Å². The molecule has 0 aliphatic rings. The molecule has 0 saturated carbocycles. The molecule has 9 heteroatoms. The van der Waals surface area contributed by atoms with E-state index in [1.54, 1.807) is 0 Å². The summed E-state index contributed by atoms with van der Waals surface area (Å²) in [5.74, 6) is 0. The van der Waals surface area contributed by atoms with Gasteiger partial charge in [-0.25, -0.2) is 0 Å². The molecule has 0 atom stereocenters. The Hall–Kier alpha value is -1.46. The normalized spacial score (nSPS) is 13.4. The predicted octanol–water partition coefficient (Wildman–Crippen LogP) is 1.59. The van der Waals surface area contributed by atoms with Gasteiger partial charge in [0.2, 0.25) is 0 Å². The van der Waals surface area contributed by atoms with E-state index >= 15 is 0 Å². The Morgan fingerprint density at radius 2 is 0.941 bits per heavy atom. The maximum absolute atomic E-state index is 9.63. The number of rotatable bonds is 2. The van der Waals surface area contributed by atoms with Gasteiger partial charge in [-0.15, -0.1) is 0 Å². The molecule has 0 aromatic carbocycles. The van der Waals surface area contributed by atoms with Crippen LogP contribution in [-0.4, -0.2) is 33.3 Å². The first-order chi connectivity index (χ1) is 7.44. The molecule has 2 N–H and O–H groups in total. The van der Waals surface area contributed by atoms with Crippen molar-refractivity contribution < 1.29 is 30.8 Å². The summed E-state index contributed by atoms with van der Waals surface area (Å²) in [7, 11) is 0. The van der Waals surface area contributed by atoms with Crippen LogP contribution in [0.15, 0.2) is 20.6 Å². The molecule has 8 nitrogen and oxygen atoms in total. The van der Waals surface area contributed by atoms with E-state index in [4.69, 9.17) is 10.4 Å². The minimum atomic E-state index is 0. The van der Waals surface area contributed by atoms with E-state index in [9.17, 15) is 10.4 Å². The van der Waals surface area contributed by atoms with Gasteiger partial charge >= 0.3 is 20.4 Å². The standard InChI is InChI=1S/2C4H8N2O2.Pd/c2*1-3(5-7)4(2)6-8;/h2*7-8H,1-2H3;/q;;+2/p-2/b2*5-3+,6-4+;. The topological polar surface area (TPSA) is 136 Å². The summed E-state index contributed by atoms with van der Waals surface area (Å²) in [4.78, 5) is 0. The van der Waals surface area contributed by atoms with Gasteiger partial charge in [0.1, 0.15) is 0 Å². The number of oxime groups is 2. The second kappa shape index (κ2) is 12.6. The Morgan fingerprint density at radius 1 is 0.706 bits per heavy atom.